The first-order valence-electron chi connectivity index (χ1n) is 6.90. The van der Waals surface area contributed by atoms with E-state index in [-0.39, 0.29) is 5.57 Å². The number of hydrogen-bond donors (Lipinski definition) is 2. The van der Waals surface area contributed by atoms with Gasteiger partial charge in [-0.2, -0.15) is 5.26 Å². The highest BCUT2D eigenvalue weighted by Gasteiger charge is 2.09. The van der Waals surface area contributed by atoms with Crippen LogP contribution >= 0.6 is 0 Å². The summed E-state index contributed by atoms with van der Waals surface area (Å²) < 4.78 is 0. The molecular formula is C18H17N3O. The summed E-state index contributed by atoms with van der Waals surface area (Å²) in [6.45, 7) is 3.89. The van der Waals surface area contributed by atoms with Gasteiger partial charge in [0, 0.05) is 17.6 Å². The van der Waals surface area contributed by atoms with Crippen molar-refractivity contribution in [2.75, 3.05) is 10.6 Å². The van der Waals surface area contributed by atoms with E-state index in [0.717, 1.165) is 16.8 Å². The summed E-state index contributed by atoms with van der Waals surface area (Å²) in [6.07, 6.45) is 1.42. The van der Waals surface area contributed by atoms with Crippen LogP contribution in [0, 0.1) is 25.2 Å². The molecule has 0 fully saturated rings. The number of benzene rings is 2. The predicted octanol–water partition coefficient (Wildman–Crippen LogP) is 3.76. The van der Waals surface area contributed by atoms with Crippen LogP contribution in [-0.2, 0) is 4.79 Å². The third-order valence-electron chi connectivity index (χ3n) is 3.16. The van der Waals surface area contributed by atoms with Crippen LogP contribution in [-0.4, -0.2) is 5.91 Å². The summed E-state index contributed by atoms with van der Waals surface area (Å²) in [6, 6.07) is 17.0. The van der Waals surface area contributed by atoms with Gasteiger partial charge in [-0.05, 0) is 43.2 Å². The second-order valence-corrected chi connectivity index (χ2v) is 4.95. The number of hydrogen-bond acceptors (Lipinski definition) is 3. The fourth-order valence-electron chi connectivity index (χ4n) is 1.95. The predicted molar refractivity (Wildman–Crippen MR) is 88.3 cm³/mol. The monoisotopic (exact) mass is 291 g/mol. The number of nitrogens with one attached hydrogen (secondary N) is 2. The lowest BCUT2D eigenvalue weighted by Crippen LogP contribution is -2.14. The number of carbonyl (C=O) groups is 1. The lowest BCUT2D eigenvalue weighted by atomic mass is 10.2. The van der Waals surface area contributed by atoms with Gasteiger partial charge < -0.3 is 10.6 Å². The first-order valence-corrected chi connectivity index (χ1v) is 6.90. The second kappa shape index (κ2) is 7.09. The average molecular weight is 291 g/mol. The van der Waals surface area contributed by atoms with Gasteiger partial charge in [0.2, 0.25) is 0 Å². The molecule has 4 nitrogen and oxygen atoms in total. The van der Waals surface area contributed by atoms with E-state index < -0.39 is 5.91 Å². The summed E-state index contributed by atoms with van der Waals surface area (Å²) in [5.74, 6) is -0.436. The molecule has 2 N–H and O–H groups in total. The average Bonchev–Trinajstić information content (AvgIpc) is 2.49. The minimum Gasteiger partial charge on any atom is -0.360 e. The molecule has 0 aromatic heterocycles. The maximum atomic E-state index is 12.1. The summed E-state index contributed by atoms with van der Waals surface area (Å²) >= 11 is 0. The molecule has 0 radical (unpaired) electrons. The topological polar surface area (TPSA) is 64.9 Å². The smallest absolute Gasteiger partial charge is 0.267 e. The van der Waals surface area contributed by atoms with Gasteiger partial charge >= 0.3 is 0 Å². The van der Waals surface area contributed by atoms with Crippen molar-refractivity contribution < 1.29 is 4.79 Å². The Hall–Kier alpha value is -3.06. The molecule has 0 atom stereocenters. The molecule has 0 aliphatic carbocycles. The molecule has 2 aromatic rings. The fraction of sp³-hybridized carbons (Fsp3) is 0.111. The highest BCUT2D eigenvalue weighted by Crippen LogP contribution is 2.14. The molecular weight excluding hydrogens is 274 g/mol. The van der Waals surface area contributed by atoms with E-state index in [1.807, 2.05) is 62.4 Å². The molecule has 0 heterocycles. The number of rotatable bonds is 4. The Morgan fingerprint density at radius 2 is 1.91 bits per heavy atom. The summed E-state index contributed by atoms with van der Waals surface area (Å²) in [4.78, 5) is 12.1. The Labute approximate surface area is 130 Å². The van der Waals surface area contributed by atoms with E-state index in [1.54, 1.807) is 6.07 Å². The molecule has 22 heavy (non-hydrogen) atoms. The summed E-state index contributed by atoms with van der Waals surface area (Å²) in [5.41, 5.74) is 3.62. The third-order valence-corrected chi connectivity index (χ3v) is 3.16. The zero-order chi connectivity index (χ0) is 15.9. The Morgan fingerprint density at radius 3 is 2.59 bits per heavy atom. The van der Waals surface area contributed by atoms with Crippen molar-refractivity contribution in [2.45, 2.75) is 13.8 Å². The minimum atomic E-state index is -0.436. The molecule has 2 aromatic carbocycles. The lowest BCUT2D eigenvalue weighted by molar-refractivity contribution is -0.112. The highest BCUT2D eigenvalue weighted by atomic mass is 16.1. The van der Waals surface area contributed by atoms with Crippen LogP contribution < -0.4 is 10.6 Å². The van der Waals surface area contributed by atoms with Crippen molar-refractivity contribution >= 4 is 17.3 Å². The maximum Gasteiger partial charge on any atom is 0.267 e. The SMILES string of the molecule is Cc1cccc(NC(=O)/C(C#N)=C\Nc2ccccc2C)c1. The molecule has 0 aliphatic rings. The van der Waals surface area contributed by atoms with E-state index in [0.29, 0.717) is 5.69 Å². The van der Waals surface area contributed by atoms with Crippen LogP contribution in [0.1, 0.15) is 11.1 Å². The van der Waals surface area contributed by atoms with Crippen molar-refractivity contribution in [2.24, 2.45) is 0 Å². The van der Waals surface area contributed by atoms with Gasteiger partial charge in [-0.15, -0.1) is 0 Å². The molecule has 1 amide bonds. The Morgan fingerprint density at radius 1 is 1.14 bits per heavy atom. The van der Waals surface area contributed by atoms with E-state index >= 15 is 0 Å². The Kier molecular flexibility index (Phi) is 4.94. The van der Waals surface area contributed by atoms with Crippen molar-refractivity contribution in [3.05, 3.63) is 71.4 Å². The number of nitriles is 1. The molecule has 0 spiro atoms. The van der Waals surface area contributed by atoms with Crippen LogP contribution in [0.4, 0.5) is 11.4 Å². The number of aryl methyl sites for hydroxylation is 2. The quantitative estimate of drug-likeness (QED) is 0.666. The second-order valence-electron chi connectivity index (χ2n) is 4.95. The number of nitrogens with zero attached hydrogens (tertiary/aromatic N) is 1. The first kappa shape index (κ1) is 15.3. The van der Waals surface area contributed by atoms with Crippen LogP contribution in [0.25, 0.3) is 0 Å². The number of para-hydroxylation sites is 1. The zero-order valence-electron chi connectivity index (χ0n) is 12.6. The standard InChI is InChI=1S/C18H17N3O/c1-13-6-5-8-16(10-13)21-18(22)15(11-19)12-20-17-9-4-3-7-14(17)2/h3-10,12,20H,1-2H3,(H,21,22)/b15-12-. The van der Waals surface area contributed by atoms with Crippen LogP contribution in [0.5, 0.6) is 0 Å². The number of carbonyl (C=O) groups excluding carboxylic acids is 1. The Bertz CT molecular complexity index is 757. The lowest BCUT2D eigenvalue weighted by Gasteiger charge is -2.07. The van der Waals surface area contributed by atoms with E-state index in [4.69, 9.17) is 5.26 Å². The largest absolute Gasteiger partial charge is 0.360 e. The van der Waals surface area contributed by atoms with Crippen LogP contribution in [0.3, 0.4) is 0 Å². The van der Waals surface area contributed by atoms with Gasteiger partial charge in [-0.3, -0.25) is 4.79 Å². The maximum absolute atomic E-state index is 12.1. The molecule has 2 rings (SSSR count). The minimum absolute atomic E-state index is 0.0183. The highest BCUT2D eigenvalue weighted by molar-refractivity contribution is 6.06. The molecule has 4 heteroatoms. The van der Waals surface area contributed by atoms with E-state index in [1.165, 1.54) is 6.20 Å². The molecule has 0 saturated heterocycles. The molecule has 0 bridgehead atoms. The van der Waals surface area contributed by atoms with Crippen molar-refractivity contribution in [3.63, 3.8) is 0 Å². The van der Waals surface area contributed by atoms with Crippen molar-refractivity contribution in [3.8, 4) is 6.07 Å². The van der Waals surface area contributed by atoms with E-state index in [9.17, 15) is 4.79 Å². The van der Waals surface area contributed by atoms with Gasteiger partial charge in [0.15, 0.2) is 0 Å². The fourth-order valence-corrected chi connectivity index (χ4v) is 1.95. The van der Waals surface area contributed by atoms with Gasteiger partial charge in [0.05, 0.1) is 0 Å². The normalized spacial score (nSPS) is 10.7. The zero-order valence-corrected chi connectivity index (χ0v) is 12.6. The summed E-state index contributed by atoms with van der Waals surface area (Å²) in [5, 5.41) is 14.9. The van der Waals surface area contributed by atoms with Crippen molar-refractivity contribution in [1.82, 2.24) is 0 Å². The number of amides is 1. The molecule has 0 aliphatic heterocycles. The third kappa shape index (κ3) is 3.97. The van der Waals surface area contributed by atoms with Crippen LogP contribution in [0.15, 0.2) is 60.3 Å². The van der Waals surface area contributed by atoms with Gasteiger partial charge in [-0.1, -0.05) is 30.3 Å². The van der Waals surface area contributed by atoms with Crippen LogP contribution in [0.2, 0.25) is 0 Å². The van der Waals surface area contributed by atoms with Gasteiger partial charge in [-0.25, -0.2) is 0 Å². The summed E-state index contributed by atoms with van der Waals surface area (Å²) in [7, 11) is 0. The van der Waals surface area contributed by atoms with Gasteiger partial charge in [0.1, 0.15) is 11.6 Å². The molecule has 110 valence electrons. The first-order chi connectivity index (χ1) is 10.6. The Balaban J connectivity index is 2.11. The molecule has 0 unspecified atom stereocenters. The van der Waals surface area contributed by atoms with E-state index in [2.05, 4.69) is 10.6 Å². The molecule has 0 saturated carbocycles. The van der Waals surface area contributed by atoms with Crippen molar-refractivity contribution in [1.29, 1.82) is 5.26 Å². The number of anilines is 2. The van der Waals surface area contributed by atoms with Gasteiger partial charge in [0.25, 0.3) is 5.91 Å².